The van der Waals surface area contributed by atoms with Gasteiger partial charge in [-0.3, -0.25) is 9.59 Å². The lowest BCUT2D eigenvalue weighted by molar-refractivity contribution is 0.0926. The Morgan fingerprint density at radius 2 is 1.53 bits per heavy atom. The van der Waals surface area contributed by atoms with E-state index in [2.05, 4.69) is 0 Å². The molecule has 3 rings (SSSR count). The number of benzene rings is 2. The zero-order valence-corrected chi connectivity index (χ0v) is 20.4. The van der Waals surface area contributed by atoms with Gasteiger partial charge in [0.25, 0.3) is 11.8 Å². The van der Waals surface area contributed by atoms with Crippen molar-refractivity contribution in [1.82, 2.24) is 0 Å². The molecule has 0 saturated carbocycles. The smallest absolute Gasteiger partial charge is 0.266 e. The first-order valence-electron chi connectivity index (χ1n) is 11.1. The van der Waals surface area contributed by atoms with Gasteiger partial charge in [0.1, 0.15) is 0 Å². The fourth-order valence-electron chi connectivity index (χ4n) is 3.95. The number of imide groups is 1. The average Bonchev–Trinajstić information content (AvgIpc) is 2.97. The topological polar surface area (TPSA) is 71.5 Å². The lowest BCUT2D eigenvalue weighted by Gasteiger charge is -2.17. The number of carbonyl (C=O) groups is 2. The minimum Gasteiger partial charge on any atom is -0.268 e. The van der Waals surface area contributed by atoms with Crippen molar-refractivity contribution in [2.45, 2.75) is 64.5 Å². The largest absolute Gasteiger partial charge is 0.268 e. The third kappa shape index (κ3) is 5.41. The molecule has 172 valence electrons. The molecule has 0 atom stereocenters. The Bertz CT molecular complexity index is 1120. The second kappa shape index (κ2) is 10.2. The van der Waals surface area contributed by atoms with E-state index < -0.39 is 9.84 Å². The molecular formula is C25H30ClNO4S. The summed E-state index contributed by atoms with van der Waals surface area (Å²) in [6.45, 7) is 5.36. The van der Waals surface area contributed by atoms with Crippen LogP contribution in [0, 0.1) is 6.92 Å². The van der Waals surface area contributed by atoms with E-state index in [9.17, 15) is 18.0 Å². The van der Waals surface area contributed by atoms with Crippen LogP contribution in [0.2, 0.25) is 5.02 Å². The highest BCUT2D eigenvalue weighted by molar-refractivity contribution is 7.91. The number of unbranched alkanes of at least 4 members (excludes halogenated alkanes) is 4. The molecule has 2 aromatic carbocycles. The van der Waals surface area contributed by atoms with Crippen LogP contribution in [0.15, 0.2) is 36.4 Å². The molecule has 7 heteroatoms. The first-order valence-corrected chi connectivity index (χ1v) is 13.2. The van der Waals surface area contributed by atoms with Gasteiger partial charge in [0.2, 0.25) is 0 Å². The van der Waals surface area contributed by atoms with Crippen LogP contribution in [0.25, 0.3) is 0 Å². The predicted octanol–water partition coefficient (Wildman–Crippen LogP) is 5.77. The fraction of sp³-hybridized carbons (Fsp3) is 0.440. The number of amides is 2. The van der Waals surface area contributed by atoms with Gasteiger partial charge in [-0.15, -0.1) is 0 Å². The average molecular weight is 476 g/mol. The number of halogens is 1. The lowest BCUT2D eigenvalue weighted by Crippen LogP contribution is -2.30. The Hall–Kier alpha value is -2.18. The quantitative estimate of drug-likeness (QED) is 0.323. The molecule has 0 aromatic heterocycles. The molecule has 0 bridgehead atoms. The predicted molar refractivity (Wildman–Crippen MR) is 129 cm³/mol. The van der Waals surface area contributed by atoms with Crippen molar-refractivity contribution < 1.29 is 18.0 Å². The molecule has 2 amide bonds. The maximum Gasteiger partial charge on any atom is 0.266 e. The van der Waals surface area contributed by atoms with Crippen LogP contribution >= 0.6 is 11.6 Å². The molecule has 0 aliphatic carbocycles. The van der Waals surface area contributed by atoms with Gasteiger partial charge in [-0.05, 0) is 75.4 Å². The SMILES string of the molecule is Cc1cc(CCCCCCCS(=O)(=O)C(C)C)ccc1N1C(=O)c2ccc(Cl)cc2C1=O. The molecule has 1 heterocycles. The zero-order valence-electron chi connectivity index (χ0n) is 18.9. The molecule has 0 spiro atoms. The summed E-state index contributed by atoms with van der Waals surface area (Å²) < 4.78 is 23.7. The van der Waals surface area contributed by atoms with Gasteiger partial charge in [-0.1, -0.05) is 43.0 Å². The minimum atomic E-state index is -2.94. The van der Waals surface area contributed by atoms with Crippen molar-refractivity contribution in [3.8, 4) is 0 Å². The van der Waals surface area contributed by atoms with Gasteiger partial charge in [0.05, 0.1) is 27.8 Å². The number of nitrogens with zero attached hydrogens (tertiary/aromatic N) is 1. The van der Waals surface area contributed by atoms with Crippen LogP contribution in [-0.2, 0) is 16.3 Å². The molecule has 0 N–H and O–H groups in total. The van der Waals surface area contributed by atoms with E-state index >= 15 is 0 Å². The second-order valence-corrected chi connectivity index (χ2v) is 11.8. The van der Waals surface area contributed by atoms with Gasteiger partial charge in [-0.2, -0.15) is 0 Å². The fourth-order valence-corrected chi connectivity index (χ4v) is 5.20. The molecule has 0 radical (unpaired) electrons. The minimum absolute atomic E-state index is 0.273. The molecule has 2 aromatic rings. The molecule has 5 nitrogen and oxygen atoms in total. The number of aryl methyl sites for hydroxylation is 2. The van der Waals surface area contributed by atoms with Crippen LogP contribution in [0.4, 0.5) is 5.69 Å². The summed E-state index contributed by atoms with van der Waals surface area (Å²) in [4.78, 5) is 26.8. The van der Waals surface area contributed by atoms with Crippen molar-refractivity contribution in [2.24, 2.45) is 0 Å². The summed E-state index contributed by atoms with van der Waals surface area (Å²) in [6, 6.07) is 10.6. The maximum atomic E-state index is 12.8. The Labute approximate surface area is 195 Å². The second-order valence-electron chi connectivity index (χ2n) is 8.69. The van der Waals surface area contributed by atoms with Crippen molar-refractivity contribution in [3.63, 3.8) is 0 Å². The van der Waals surface area contributed by atoms with Crippen molar-refractivity contribution in [3.05, 3.63) is 63.7 Å². The van der Waals surface area contributed by atoms with E-state index in [-0.39, 0.29) is 22.8 Å². The van der Waals surface area contributed by atoms with Crippen LogP contribution in [0.3, 0.4) is 0 Å². The van der Waals surface area contributed by atoms with Crippen LogP contribution in [-0.4, -0.2) is 31.2 Å². The summed E-state index contributed by atoms with van der Waals surface area (Å²) in [7, 11) is -2.94. The van der Waals surface area contributed by atoms with Crippen LogP contribution in [0.5, 0.6) is 0 Å². The Morgan fingerprint density at radius 1 is 0.875 bits per heavy atom. The number of fused-ring (bicyclic) bond motifs is 1. The Morgan fingerprint density at radius 3 is 2.22 bits per heavy atom. The molecule has 1 aliphatic heterocycles. The van der Waals surface area contributed by atoms with E-state index in [1.165, 1.54) is 4.90 Å². The third-order valence-electron chi connectivity index (χ3n) is 5.96. The summed E-state index contributed by atoms with van der Waals surface area (Å²) in [6.07, 6.45) is 5.63. The van der Waals surface area contributed by atoms with Gasteiger partial charge in [0.15, 0.2) is 9.84 Å². The number of hydrogen-bond donors (Lipinski definition) is 0. The van der Waals surface area contributed by atoms with E-state index in [1.807, 2.05) is 25.1 Å². The normalized spacial score (nSPS) is 13.8. The molecule has 1 aliphatic rings. The molecule has 0 unspecified atom stereocenters. The van der Waals surface area contributed by atoms with Crippen LogP contribution < -0.4 is 4.90 Å². The monoisotopic (exact) mass is 475 g/mol. The van der Waals surface area contributed by atoms with Crippen LogP contribution in [0.1, 0.15) is 77.8 Å². The van der Waals surface area contributed by atoms with Crippen molar-refractivity contribution in [1.29, 1.82) is 0 Å². The first kappa shape index (κ1) is 24.5. The van der Waals surface area contributed by atoms with Gasteiger partial charge >= 0.3 is 0 Å². The lowest BCUT2D eigenvalue weighted by atomic mass is 10.0. The highest BCUT2D eigenvalue weighted by Gasteiger charge is 2.37. The van der Waals surface area contributed by atoms with E-state index in [0.717, 1.165) is 49.7 Å². The Balaban J connectivity index is 1.52. The van der Waals surface area contributed by atoms with Crippen molar-refractivity contribution in [2.75, 3.05) is 10.7 Å². The summed E-state index contributed by atoms with van der Waals surface area (Å²) in [5, 5.41) is 0.132. The third-order valence-corrected chi connectivity index (χ3v) is 8.49. The number of hydrogen-bond acceptors (Lipinski definition) is 4. The van der Waals surface area contributed by atoms with Crippen molar-refractivity contribution >= 4 is 38.9 Å². The standard InChI is InChI=1S/C25H30ClNO4S/c1-17(2)32(30,31)14-8-6-4-5-7-9-19-10-13-23(18(3)15-19)27-24(28)21-12-11-20(26)16-22(21)25(27)29/h10-13,15-17H,4-9,14H2,1-3H3. The highest BCUT2D eigenvalue weighted by Crippen LogP contribution is 2.32. The summed E-state index contributed by atoms with van der Waals surface area (Å²) in [5.74, 6) is -0.394. The molecule has 0 saturated heterocycles. The molecular weight excluding hydrogens is 446 g/mol. The summed E-state index contributed by atoms with van der Waals surface area (Å²) >= 11 is 5.99. The molecule has 0 fully saturated rings. The van der Waals surface area contributed by atoms with E-state index in [1.54, 1.807) is 32.0 Å². The zero-order chi connectivity index (χ0) is 23.5. The van der Waals surface area contributed by atoms with Gasteiger partial charge in [0, 0.05) is 5.02 Å². The number of sulfone groups is 1. The van der Waals surface area contributed by atoms with E-state index in [4.69, 9.17) is 11.6 Å². The Kier molecular flexibility index (Phi) is 7.78. The number of anilines is 1. The first-order chi connectivity index (χ1) is 15.1. The number of rotatable bonds is 10. The van der Waals surface area contributed by atoms with E-state index in [0.29, 0.717) is 21.8 Å². The maximum absolute atomic E-state index is 12.8. The van der Waals surface area contributed by atoms with Gasteiger partial charge < -0.3 is 0 Å². The molecule has 32 heavy (non-hydrogen) atoms. The highest BCUT2D eigenvalue weighted by atomic mass is 35.5. The summed E-state index contributed by atoms with van der Waals surface area (Å²) in [5.41, 5.74) is 3.36. The number of carbonyl (C=O) groups excluding carboxylic acids is 2. The van der Waals surface area contributed by atoms with Gasteiger partial charge in [-0.25, -0.2) is 13.3 Å².